The molecule has 1 aliphatic rings. The average Bonchev–Trinajstić information content (AvgIpc) is 2.42. The van der Waals surface area contributed by atoms with E-state index in [1.165, 1.54) is 0 Å². The van der Waals surface area contributed by atoms with Gasteiger partial charge in [0, 0.05) is 44.2 Å². The Labute approximate surface area is 116 Å². The Hall–Kier alpha value is -1.19. The molecule has 0 radical (unpaired) electrons. The minimum absolute atomic E-state index is 0.271. The fourth-order valence-corrected chi connectivity index (χ4v) is 2.67. The van der Waals surface area contributed by atoms with E-state index in [1.807, 2.05) is 26.0 Å². The molecule has 1 aromatic rings. The quantitative estimate of drug-likeness (QED) is 0.842. The Morgan fingerprint density at radius 3 is 2.68 bits per heavy atom. The number of aryl methyl sites for hydroxylation is 2. The zero-order valence-corrected chi connectivity index (χ0v) is 12.2. The summed E-state index contributed by atoms with van der Waals surface area (Å²) in [6, 6.07) is 6.45. The van der Waals surface area contributed by atoms with E-state index < -0.39 is 0 Å². The second-order valence-corrected chi connectivity index (χ2v) is 5.58. The highest BCUT2D eigenvalue weighted by atomic mass is 16.1. The lowest BCUT2D eigenvalue weighted by Crippen LogP contribution is -2.48. The molecule has 0 amide bonds. The van der Waals surface area contributed by atoms with E-state index in [2.05, 4.69) is 23.2 Å². The maximum absolute atomic E-state index is 12.4. The number of Topliss-reactive ketones (excluding diaryl/α,β-unsaturated/α-hetero) is 1. The molecule has 1 saturated heterocycles. The third kappa shape index (κ3) is 3.64. The van der Waals surface area contributed by atoms with E-state index >= 15 is 0 Å². The minimum atomic E-state index is 0.271. The van der Waals surface area contributed by atoms with Gasteiger partial charge in [0.15, 0.2) is 5.78 Å². The maximum atomic E-state index is 12.4. The Bertz CT molecular complexity index is 450. The van der Waals surface area contributed by atoms with Crippen molar-refractivity contribution in [2.75, 3.05) is 26.2 Å². The molecule has 1 fully saturated rings. The molecular formula is C16H24N2O. The molecule has 0 aliphatic carbocycles. The molecule has 0 saturated carbocycles. The standard InChI is InChI=1S/C16H24N2O/c1-12-4-5-13(2)15(10-12)16(19)11-14(3)18-8-6-17-7-9-18/h4-5,10,14,17H,6-9,11H2,1-3H3. The first-order valence-corrected chi connectivity index (χ1v) is 7.13. The van der Waals surface area contributed by atoms with Gasteiger partial charge in [0.2, 0.25) is 0 Å². The average molecular weight is 260 g/mol. The molecule has 104 valence electrons. The largest absolute Gasteiger partial charge is 0.314 e. The number of carbonyl (C=O) groups is 1. The summed E-state index contributed by atoms with van der Waals surface area (Å²) in [4.78, 5) is 14.8. The highest BCUT2D eigenvalue weighted by Gasteiger charge is 2.20. The van der Waals surface area contributed by atoms with E-state index in [4.69, 9.17) is 0 Å². The van der Waals surface area contributed by atoms with E-state index in [0.717, 1.165) is 42.9 Å². The van der Waals surface area contributed by atoms with Gasteiger partial charge < -0.3 is 5.32 Å². The monoisotopic (exact) mass is 260 g/mol. The third-order valence-electron chi connectivity index (χ3n) is 3.95. The van der Waals surface area contributed by atoms with Crippen LogP contribution in [0.4, 0.5) is 0 Å². The van der Waals surface area contributed by atoms with Crippen molar-refractivity contribution in [3.8, 4) is 0 Å². The molecule has 1 atom stereocenters. The molecule has 3 nitrogen and oxygen atoms in total. The number of hydrogen-bond acceptors (Lipinski definition) is 3. The van der Waals surface area contributed by atoms with Crippen molar-refractivity contribution in [3.05, 3.63) is 34.9 Å². The zero-order valence-electron chi connectivity index (χ0n) is 12.2. The summed E-state index contributed by atoms with van der Waals surface area (Å²) in [6.07, 6.45) is 0.615. The molecular weight excluding hydrogens is 236 g/mol. The highest BCUT2D eigenvalue weighted by molar-refractivity contribution is 5.97. The number of nitrogens with zero attached hydrogens (tertiary/aromatic N) is 1. The fourth-order valence-electron chi connectivity index (χ4n) is 2.67. The summed E-state index contributed by atoms with van der Waals surface area (Å²) >= 11 is 0. The molecule has 1 N–H and O–H groups in total. The van der Waals surface area contributed by atoms with Gasteiger partial charge in [-0.25, -0.2) is 0 Å². The van der Waals surface area contributed by atoms with Crippen LogP contribution >= 0.6 is 0 Å². The van der Waals surface area contributed by atoms with Crippen molar-refractivity contribution in [1.29, 1.82) is 0 Å². The normalized spacial score (nSPS) is 18.3. The Balaban J connectivity index is 2.01. The van der Waals surface area contributed by atoms with Crippen LogP contribution in [0, 0.1) is 13.8 Å². The van der Waals surface area contributed by atoms with Gasteiger partial charge in [-0.05, 0) is 32.4 Å². The van der Waals surface area contributed by atoms with Crippen molar-refractivity contribution in [2.24, 2.45) is 0 Å². The van der Waals surface area contributed by atoms with Crippen molar-refractivity contribution in [1.82, 2.24) is 10.2 Å². The van der Waals surface area contributed by atoms with Crippen LogP contribution in [0.3, 0.4) is 0 Å². The fraction of sp³-hybridized carbons (Fsp3) is 0.562. The Morgan fingerprint density at radius 1 is 1.32 bits per heavy atom. The molecule has 2 rings (SSSR count). The molecule has 19 heavy (non-hydrogen) atoms. The molecule has 1 heterocycles. The number of piperazine rings is 1. The number of rotatable bonds is 4. The zero-order chi connectivity index (χ0) is 13.8. The smallest absolute Gasteiger partial charge is 0.164 e. The Morgan fingerprint density at radius 2 is 2.00 bits per heavy atom. The van der Waals surface area contributed by atoms with Crippen molar-refractivity contribution in [3.63, 3.8) is 0 Å². The van der Waals surface area contributed by atoms with E-state index in [-0.39, 0.29) is 5.78 Å². The summed E-state index contributed by atoms with van der Waals surface area (Å²) in [6.45, 7) is 10.4. The maximum Gasteiger partial charge on any atom is 0.164 e. The van der Waals surface area contributed by atoms with E-state index in [9.17, 15) is 4.79 Å². The van der Waals surface area contributed by atoms with Gasteiger partial charge in [0.25, 0.3) is 0 Å². The van der Waals surface area contributed by atoms with Gasteiger partial charge in [-0.3, -0.25) is 9.69 Å². The number of ketones is 1. The van der Waals surface area contributed by atoms with Crippen LogP contribution in [0.15, 0.2) is 18.2 Å². The van der Waals surface area contributed by atoms with Crippen LogP contribution < -0.4 is 5.32 Å². The number of carbonyl (C=O) groups excluding carboxylic acids is 1. The summed E-state index contributed by atoms with van der Waals surface area (Å²) in [5.41, 5.74) is 3.13. The molecule has 1 aromatic carbocycles. The molecule has 0 bridgehead atoms. The van der Waals surface area contributed by atoms with E-state index in [1.54, 1.807) is 0 Å². The van der Waals surface area contributed by atoms with Crippen molar-refractivity contribution < 1.29 is 4.79 Å². The summed E-state index contributed by atoms with van der Waals surface area (Å²) < 4.78 is 0. The molecule has 3 heteroatoms. The van der Waals surface area contributed by atoms with Crippen LogP contribution in [0.1, 0.15) is 34.8 Å². The van der Waals surface area contributed by atoms with Crippen LogP contribution in [0.2, 0.25) is 0 Å². The highest BCUT2D eigenvalue weighted by Crippen LogP contribution is 2.16. The second kappa shape index (κ2) is 6.31. The van der Waals surface area contributed by atoms with Gasteiger partial charge in [0.1, 0.15) is 0 Å². The lowest BCUT2D eigenvalue weighted by molar-refractivity contribution is 0.0917. The number of hydrogen-bond donors (Lipinski definition) is 1. The van der Waals surface area contributed by atoms with Crippen LogP contribution in [0.25, 0.3) is 0 Å². The van der Waals surface area contributed by atoms with Gasteiger partial charge >= 0.3 is 0 Å². The number of benzene rings is 1. The first-order valence-electron chi connectivity index (χ1n) is 7.13. The third-order valence-corrected chi connectivity index (χ3v) is 3.95. The predicted octanol–water partition coefficient (Wildman–Crippen LogP) is 2.17. The lowest BCUT2D eigenvalue weighted by atomic mass is 9.97. The topological polar surface area (TPSA) is 32.3 Å². The van der Waals surface area contributed by atoms with Crippen molar-refractivity contribution in [2.45, 2.75) is 33.2 Å². The van der Waals surface area contributed by atoms with Gasteiger partial charge in [-0.1, -0.05) is 17.7 Å². The van der Waals surface area contributed by atoms with Crippen LogP contribution in [0.5, 0.6) is 0 Å². The summed E-state index contributed by atoms with van der Waals surface area (Å²) in [5, 5.41) is 3.34. The van der Waals surface area contributed by atoms with Crippen LogP contribution in [-0.4, -0.2) is 42.9 Å². The minimum Gasteiger partial charge on any atom is -0.314 e. The molecule has 1 unspecified atom stereocenters. The Kier molecular flexibility index (Phi) is 4.72. The first kappa shape index (κ1) is 14.2. The number of nitrogens with one attached hydrogen (secondary N) is 1. The van der Waals surface area contributed by atoms with Crippen LogP contribution in [-0.2, 0) is 0 Å². The lowest BCUT2D eigenvalue weighted by Gasteiger charge is -2.32. The second-order valence-electron chi connectivity index (χ2n) is 5.58. The summed E-state index contributed by atoms with van der Waals surface area (Å²) in [5.74, 6) is 0.271. The van der Waals surface area contributed by atoms with Crippen molar-refractivity contribution >= 4 is 5.78 Å². The molecule has 0 aromatic heterocycles. The predicted molar refractivity (Wildman–Crippen MR) is 78.8 cm³/mol. The molecule has 0 spiro atoms. The van der Waals surface area contributed by atoms with Gasteiger partial charge in [-0.15, -0.1) is 0 Å². The summed E-state index contributed by atoms with van der Waals surface area (Å²) in [7, 11) is 0. The first-order chi connectivity index (χ1) is 9.08. The SMILES string of the molecule is Cc1ccc(C)c(C(=O)CC(C)N2CCNCC2)c1. The van der Waals surface area contributed by atoms with Gasteiger partial charge in [-0.2, -0.15) is 0 Å². The van der Waals surface area contributed by atoms with Gasteiger partial charge in [0.05, 0.1) is 0 Å². The van der Waals surface area contributed by atoms with E-state index in [0.29, 0.717) is 12.5 Å². The molecule has 1 aliphatic heterocycles.